The molecule has 1 aromatic carbocycles. The van der Waals surface area contributed by atoms with Gasteiger partial charge in [-0.15, -0.1) is 0 Å². The summed E-state index contributed by atoms with van der Waals surface area (Å²) in [5, 5.41) is 5.94. The SMILES string of the molecule is CC(=O)NCCCNCc1ccc(F)cc1. The quantitative estimate of drug-likeness (QED) is 0.718. The van der Waals surface area contributed by atoms with Gasteiger partial charge in [0.2, 0.25) is 5.91 Å². The van der Waals surface area contributed by atoms with Gasteiger partial charge in [-0.25, -0.2) is 4.39 Å². The van der Waals surface area contributed by atoms with Gasteiger partial charge in [-0.3, -0.25) is 4.79 Å². The van der Waals surface area contributed by atoms with Crippen LogP contribution in [-0.2, 0) is 11.3 Å². The predicted molar refractivity (Wildman–Crippen MR) is 61.4 cm³/mol. The first-order valence-corrected chi connectivity index (χ1v) is 5.38. The van der Waals surface area contributed by atoms with E-state index in [0.29, 0.717) is 6.54 Å². The van der Waals surface area contributed by atoms with Crippen LogP contribution in [0.5, 0.6) is 0 Å². The molecule has 0 heterocycles. The summed E-state index contributed by atoms with van der Waals surface area (Å²) in [5.41, 5.74) is 1.06. The minimum atomic E-state index is -0.214. The predicted octanol–water partition coefficient (Wildman–Crippen LogP) is 1.44. The molecule has 2 N–H and O–H groups in total. The molecule has 0 bridgehead atoms. The van der Waals surface area contributed by atoms with E-state index in [-0.39, 0.29) is 11.7 Å². The molecule has 0 saturated carbocycles. The molecule has 1 aromatic rings. The van der Waals surface area contributed by atoms with Gasteiger partial charge in [0, 0.05) is 20.0 Å². The van der Waals surface area contributed by atoms with Gasteiger partial charge in [0.1, 0.15) is 5.82 Å². The molecule has 0 aliphatic heterocycles. The molecule has 0 atom stereocenters. The van der Waals surface area contributed by atoms with Crippen LogP contribution in [0.15, 0.2) is 24.3 Å². The lowest BCUT2D eigenvalue weighted by Gasteiger charge is -2.05. The molecule has 0 aliphatic carbocycles. The Bertz CT molecular complexity index is 324. The van der Waals surface area contributed by atoms with Crippen LogP contribution in [0.25, 0.3) is 0 Å². The molecular weight excluding hydrogens is 207 g/mol. The lowest BCUT2D eigenvalue weighted by molar-refractivity contribution is -0.118. The molecule has 0 aliphatic rings. The second-order valence-corrected chi connectivity index (χ2v) is 3.64. The van der Waals surface area contributed by atoms with Crippen LogP contribution in [0.4, 0.5) is 4.39 Å². The topological polar surface area (TPSA) is 41.1 Å². The fraction of sp³-hybridized carbons (Fsp3) is 0.417. The fourth-order valence-corrected chi connectivity index (χ4v) is 1.31. The first-order chi connectivity index (χ1) is 7.68. The van der Waals surface area contributed by atoms with Crippen molar-refractivity contribution in [3.05, 3.63) is 35.6 Å². The van der Waals surface area contributed by atoms with Gasteiger partial charge in [0.25, 0.3) is 0 Å². The van der Waals surface area contributed by atoms with E-state index in [9.17, 15) is 9.18 Å². The van der Waals surface area contributed by atoms with E-state index >= 15 is 0 Å². The van der Waals surface area contributed by atoms with E-state index in [4.69, 9.17) is 0 Å². The Balaban J connectivity index is 2.07. The van der Waals surface area contributed by atoms with Crippen LogP contribution < -0.4 is 10.6 Å². The van der Waals surface area contributed by atoms with Crippen LogP contribution >= 0.6 is 0 Å². The van der Waals surface area contributed by atoms with Crippen molar-refractivity contribution >= 4 is 5.91 Å². The molecule has 0 radical (unpaired) electrons. The lowest BCUT2D eigenvalue weighted by Crippen LogP contribution is -2.24. The van der Waals surface area contributed by atoms with Crippen molar-refractivity contribution in [3.8, 4) is 0 Å². The molecular formula is C12H17FN2O. The number of hydrogen-bond donors (Lipinski definition) is 2. The fourth-order valence-electron chi connectivity index (χ4n) is 1.31. The second-order valence-electron chi connectivity index (χ2n) is 3.64. The lowest BCUT2D eigenvalue weighted by atomic mass is 10.2. The van der Waals surface area contributed by atoms with E-state index in [2.05, 4.69) is 10.6 Å². The van der Waals surface area contributed by atoms with Crippen molar-refractivity contribution < 1.29 is 9.18 Å². The van der Waals surface area contributed by atoms with Crippen molar-refractivity contribution in [2.45, 2.75) is 19.9 Å². The van der Waals surface area contributed by atoms with Gasteiger partial charge in [0.15, 0.2) is 0 Å². The van der Waals surface area contributed by atoms with Gasteiger partial charge in [0.05, 0.1) is 0 Å². The zero-order valence-corrected chi connectivity index (χ0v) is 9.42. The monoisotopic (exact) mass is 224 g/mol. The van der Waals surface area contributed by atoms with Crippen LogP contribution in [0, 0.1) is 5.82 Å². The van der Waals surface area contributed by atoms with Gasteiger partial charge >= 0.3 is 0 Å². The number of carbonyl (C=O) groups excluding carboxylic acids is 1. The van der Waals surface area contributed by atoms with Crippen LogP contribution in [-0.4, -0.2) is 19.0 Å². The Kier molecular flexibility index (Phi) is 5.50. The normalized spacial score (nSPS) is 10.1. The van der Waals surface area contributed by atoms with Crippen molar-refractivity contribution in [2.24, 2.45) is 0 Å². The van der Waals surface area contributed by atoms with Crippen molar-refractivity contribution in [1.82, 2.24) is 10.6 Å². The number of benzene rings is 1. The summed E-state index contributed by atoms with van der Waals surface area (Å²) in [5.74, 6) is -0.215. The molecule has 88 valence electrons. The van der Waals surface area contributed by atoms with Crippen LogP contribution in [0.2, 0.25) is 0 Å². The van der Waals surface area contributed by atoms with Crippen LogP contribution in [0.3, 0.4) is 0 Å². The zero-order chi connectivity index (χ0) is 11.8. The summed E-state index contributed by atoms with van der Waals surface area (Å²) < 4.78 is 12.6. The number of halogens is 1. The molecule has 16 heavy (non-hydrogen) atoms. The number of amides is 1. The van der Waals surface area contributed by atoms with Crippen molar-refractivity contribution in [3.63, 3.8) is 0 Å². The first-order valence-electron chi connectivity index (χ1n) is 5.38. The third-order valence-corrected chi connectivity index (χ3v) is 2.15. The van der Waals surface area contributed by atoms with Gasteiger partial charge < -0.3 is 10.6 Å². The number of rotatable bonds is 6. The highest BCUT2D eigenvalue weighted by atomic mass is 19.1. The summed E-state index contributed by atoms with van der Waals surface area (Å²) >= 11 is 0. The summed E-state index contributed by atoms with van der Waals surface area (Å²) in [6, 6.07) is 6.43. The summed E-state index contributed by atoms with van der Waals surface area (Å²) in [7, 11) is 0. The minimum absolute atomic E-state index is 0.00136. The Labute approximate surface area is 95.0 Å². The highest BCUT2D eigenvalue weighted by molar-refractivity contribution is 5.72. The van der Waals surface area contributed by atoms with Gasteiger partial charge in [-0.05, 0) is 30.7 Å². The third kappa shape index (κ3) is 5.46. The molecule has 0 saturated heterocycles. The maximum absolute atomic E-state index is 12.6. The van der Waals surface area contributed by atoms with Gasteiger partial charge in [-0.1, -0.05) is 12.1 Å². The highest BCUT2D eigenvalue weighted by Crippen LogP contribution is 2.01. The number of nitrogens with one attached hydrogen (secondary N) is 2. The molecule has 0 unspecified atom stereocenters. The maximum atomic E-state index is 12.6. The smallest absolute Gasteiger partial charge is 0.216 e. The van der Waals surface area contributed by atoms with Crippen molar-refractivity contribution in [1.29, 1.82) is 0 Å². The summed E-state index contributed by atoms with van der Waals surface area (Å²) in [6.45, 7) is 3.75. The number of carbonyl (C=O) groups is 1. The minimum Gasteiger partial charge on any atom is -0.356 e. The van der Waals surface area contributed by atoms with Crippen LogP contribution in [0.1, 0.15) is 18.9 Å². The van der Waals surface area contributed by atoms with Gasteiger partial charge in [-0.2, -0.15) is 0 Å². The largest absolute Gasteiger partial charge is 0.356 e. The molecule has 0 fully saturated rings. The maximum Gasteiger partial charge on any atom is 0.216 e. The Morgan fingerprint density at radius 3 is 2.56 bits per heavy atom. The Hall–Kier alpha value is -1.42. The van der Waals surface area contributed by atoms with E-state index in [1.165, 1.54) is 19.1 Å². The average molecular weight is 224 g/mol. The molecule has 4 heteroatoms. The highest BCUT2D eigenvalue weighted by Gasteiger charge is 1.94. The third-order valence-electron chi connectivity index (χ3n) is 2.15. The molecule has 0 spiro atoms. The average Bonchev–Trinajstić information content (AvgIpc) is 2.25. The molecule has 1 rings (SSSR count). The number of hydrogen-bond acceptors (Lipinski definition) is 2. The second kappa shape index (κ2) is 6.95. The van der Waals surface area contributed by atoms with E-state index in [1.807, 2.05) is 0 Å². The standard InChI is InChI=1S/C12H17FN2O/c1-10(16)15-8-2-7-14-9-11-3-5-12(13)6-4-11/h3-6,14H,2,7-9H2,1H3,(H,15,16). The van der Waals surface area contributed by atoms with E-state index in [0.717, 1.165) is 25.1 Å². The molecule has 0 aromatic heterocycles. The van der Waals surface area contributed by atoms with Crippen molar-refractivity contribution in [2.75, 3.05) is 13.1 Å². The van der Waals surface area contributed by atoms with E-state index < -0.39 is 0 Å². The summed E-state index contributed by atoms with van der Waals surface area (Å²) in [4.78, 5) is 10.6. The molecule has 3 nitrogen and oxygen atoms in total. The van der Waals surface area contributed by atoms with E-state index in [1.54, 1.807) is 12.1 Å². The summed E-state index contributed by atoms with van der Waals surface area (Å²) in [6.07, 6.45) is 0.890. The molecule has 1 amide bonds. The zero-order valence-electron chi connectivity index (χ0n) is 9.42. The first kappa shape index (κ1) is 12.6. The Morgan fingerprint density at radius 1 is 1.25 bits per heavy atom. The Morgan fingerprint density at radius 2 is 1.94 bits per heavy atom.